The maximum atomic E-state index is 12.3. The first-order valence-corrected chi connectivity index (χ1v) is 7.15. The van der Waals surface area contributed by atoms with Crippen molar-refractivity contribution in [3.05, 3.63) is 75.3 Å². The van der Waals surface area contributed by atoms with Crippen LogP contribution in [0.3, 0.4) is 0 Å². The molecule has 7 heteroatoms. The number of benzene rings is 2. The topological polar surface area (TPSA) is 95.7 Å². The van der Waals surface area contributed by atoms with Crippen LogP contribution in [0.4, 0.5) is 5.69 Å². The van der Waals surface area contributed by atoms with E-state index >= 15 is 0 Å². The smallest absolute Gasteiger partial charge is 0.339 e. The van der Waals surface area contributed by atoms with Crippen LogP contribution in [0.5, 0.6) is 0 Å². The Bertz CT molecular complexity index is 814. The fourth-order valence-electron chi connectivity index (χ4n) is 2.79. The molecular formula is C17H13NO6. The molecule has 0 radical (unpaired) electrons. The lowest BCUT2D eigenvalue weighted by molar-refractivity contribution is -0.384. The predicted octanol–water partition coefficient (Wildman–Crippen LogP) is 2.76. The van der Waals surface area contributed by atoms with Crippen LogP contribution in [0.15, 0.2) is 48.5 Å². The summed E-state index contributed by atoms with van der Waals surface area (Å²) in [5.74, 6) is -1.92. The van der Waals surface area contributed by atoms with E-state index in [1.807, 2.05) is 0 Å². The number of hydrogen-bond acceptors (Lipinski definition) is 6. The zero-order valence-corrected chi connectivity index (χ0v) is 12.7. The Labute approximate surface area is 137 Å². The summed E-state index contributed by atoms with van der Waals surface area (Å²) in [6.07, 6.45) is -0.902. The largest absolute Gasteiger partial charge is 0.468 e. The molecular weight excluding hydrogens is 314 g/mol. The minimum absolute atomic E-state index is 0.0871. The van der Waals surface area contributed by atoms with Gasteiger partial charge in [-0.05, 0) is 29.3 Å². The minimum Gasteiger partial charge on any atom is -0.468 e. The van der Waals surface area contributed by atoms with Crippen molar-refractivity contribution in [3.8, 4) is 0 Å². The van der Waals surface area contributed by atoms with E-state index in [1.165, 1.54) is 31.4 Å². The van der Waals surface area contributed by atoms with Gasteiger partial charge in [0.15, 0.2) is 0 Å². The highest BCUT2D eigenvalue weighted by atomic mass is 16.6. The Morgan fingerprint density at radius 2 is 1.83 bits per heavy atom. The monoisotopic (exact) mass is 327 g/mol. The minimum atomic E-state index is -0.902. The van der Waals surface area contributed by atoms with E-state index in [1.54, 1.807) is 24.3 Å². The van der Waals surface area contributed by atoms with Gasteiger partial charge in [-0.3, -0.25) is 14.9 Å². The molecule has 1 heterocycles. The van der Waals surface area contributed by atoms with E-state index in [2.05, 4.69) is 0 Å². The third-order valence-corrected chi connectivity index (χ3v) is 3.94. The van der Waals surface area contributed by atoms with Gasteiger partial charge in [0.1, 0.15) is 12.0 Å². The van der Waals surface area contributed by atoms with Crippen LogP contribution >= 0.6 is 0 Å². The number of non-ortho nitro benzene ring substituents is 1. The maximum absolute atomic E-state index is 12.3. The quantitative estimate of drug-likeness (QED) is 0.488. The van der Waals surface area contributed by atoms with Crippen molar-refractivity contribution in [2.75, 3.05) is 7.11 Å². The van der Waals surface area contributed by atoms with Gasteiger partial charge < -0.3 is 9.47 Å². The molecule has 1 aliphatic heterocycles. The van der Waals surface area contributed by atoms with E-state index in [0.717, 1.165) is 0 Å². The van der Waals surface area contributed by atoms with Gasteiger partial charge in [0.05, 0.1) is 17.6 Å². The van der Waals surface area contributed by atoms with Gasteiger partial charge in [-0.15, -0.1) is 0 Å². The molecule has 0 spiro atoms. The van der Waals surface area contributed by atoms with E-state index in [0.29, 0.717) is 16.7 Å². The first-order chi connectivity index (χ1) is 11.5. The zero-order chi connectivity index (χ0) is 17.3. The van der Waals surface area contributed by atoms with Gasteiger partial charge in [0.25, 0.3) is 5.69 Å². The number of methoxy groups -OCH3 is 1. The van der Waals surface area contributed by atoms with Crippen LogP contribution in [0, 0.1) is 10.1 Å². The van der Waals surface area contributed by atoms with Gasteiger partial charge in [0.2, 0.25) is 0 Å². The summed E-state index contributed by atoms with van der Waals surface area (Å²) in [6, 6.07) is 12.2. The number of fused-ring (bicyclic) bond motifs is 1. The number of nitrogens with zero attached hydrogens (tertiary/aromatic N) is 1. The molecule has 0 aromatic heterocycles. The molecule has 2 atom stereocenters. The second-order valence-corrected chi connectivity index (χ2v) is 5.26. The van der Waals surface area contributed by atoms with Crippen LogP contribution in [-0.2, 0) is 14.3 Å². The number of esters is 2. The molecule has 0 unspecified atom stereocenters. The number of carbonyl (C=O) groups excluding carboxylic acids is 2. The lowest BCUT2D eigenvalue weighted by atomic mass is 9.84. The summed E-state index contributed by atoms with van der Waals surface area (Å²) in [7, 11) is 1.26. The van der Waals surface area contributed by atoms with Gasteiger partial charge in [0, 0.05) is 12.1 Å². The van der Waals surface area contributed by atoms with Crippen molar-refractivity contribution in [2.24, 2.45) is 0 Å². The Balaban J connectivity index is 2.07. The number of ether oxygens (including phenoxy) is 2. The average molecular weight is 327 g/mol. The fourth-order valence-corrected chi connectivity index (χ4v) is 2.79. The number of nitro groups is 1. The molecule has 0 saturated carbocycles. The van der Waals surface area contributed by atoms with Crippen LogP contribution in [0.1, 0.15) is 33.5 Å². The second-order valence-electron chi connectivity index (χ2n) is 5.26. The van der Waals surface area contributed by atoms with Crippen LogP contribution in [-0.4, -0.2) is 24.0 Å². The summed E-state index contributed by atoms with van der Waals surface area (Å²) in [4.78, 5) is 34.7. The fraction of sp³-hybridized carbons (Fsp3) is 0.176. The molecule has 24 heavy (non-hydrogen) atoms. The molecule has 0 aliphatic carbocycles. The Kier molecular flexibility index (Phi) is 3.99. The average Bonchev–Trinajstić information content (AvgIpc) is 2.61. The van der Waals surface area contributed by atoms with E-state index in [-0.39, 0.29) is 5.69 Å². The molecule has 122 valence electrons. The van der Waals surface area contributed by atoms with Gasteiger partial charge in [-0.1, -0.05) is 18.2 Å². The number of carbonyl (C=O) groups is 2. The summed E-state index contributed by atoms with van der Waals surface area (Å²) in [6.45, 7) is 0. The van der Waals surface area contributed by atoms with Gasteiger partial charge in [-0.25, -0.2) is 4.79 Å². The molecule has 0 bridgehead atoms. The molecule has 2 aromatic rings. The molecule has 0 fully saturated rings. The van der Waals surface area contributed by atoms with Crippen molar-refractivity contribution < 1.29 is 24.0 Å². The number of nitro benzene ring substituents is 1. The molecule has 0 amide bonds. The van der Waals surface area contributed by atoms with Crippen LogP contribution < -0.4 is 0 Å². The van der Waals surface area contributed by atoms with Crippen molar-refractivity contribution in [1.29, 1.82) is 0 Å². The number of cyclic esters (lactones) is 1. The summed E-state index contributed by atoms with van der Waals surface area (Å²) >= 11 is 0. The first kappa shape index (κ1) is 15.7. The van der Waals surface area contributed by atoms with Crippen molar-refractivity contribution in [2.45, 2.75) is 12.0 Å². The van der Waals surface area contributed by atoms with Gasteiger partial charge in [-0.2, -0.15) is 0 Å². The second kappa shape index (κ2) is 6.11. The normalized spacial score (nSPS) is 19.1. The zero-order valence-electron chi connectivity index (χ0n) is 12.7. The highest BCUT2D eigenvalue weighted by Crippen LogP contribution is 2.41. The first-order valence-electron chi connectivity index (χ1n) is 7.15. The van der Waals surface area contributed by atoms with Crippen molar-refractivity contribution in [3.63, 3.8) is 0 Å². The highest BCUT2D eigenvalue weighted by molar-refractivity contribution is 5.96. The molecule has 0 N–H and O–H groups in total. The van der Waals surface area contributed by atoms with E-state index in [4.69, 9.17) is 9.47 Å². The van der Waals surface area contributed by atoms with Crippen molar-refractivity contribution in [1.82, 2.24) is 0 Å². The lowest BCUT2D eigenvalue weighted by Gasteiger charge is -2.31. The number of rotatable bonds is 3. The third-order valence-electron chi connectivity index (χ3n) is 3.94. The molecule has 0 saturated heterocycles. The maximum Gasteiger partial charge on any atom is 0.339 e. The highest BCUT2D eigenvalue weighted by Gasteiger charge is 2.41. The van der Waals surface area contributed by atoms with E-state index in [9.17, 15) is 19.7 Å². The van der Waals surface area contributed by atoms with E-state index < -0.39 is 28.9 Å². The number of hydrogen-bond donors (Lipinski definition) is 0. The van der Waals surface area contributed by atoms with Crippen LogP contribution in [0.2, 0.25) is 0 Å². The molecule has 7 nitrogen and oxygen atoms in total. The SMILES string of the molecule is COC(=O)[C@H]1c2ccccc2C(=O)O[C@@H]1c1ccc([N+](=O)[O-])cc1. The molecule has 3 rings (SSSR count). The standard InChI is InChI=1S/C17H13NO6/c1-23-17(20)14-12-4-2-3-5-13(12)16(19)24-15(14)10-6-8-11(9-7-10)18(21)22/h2-9,14-15H,1H3/t14-,15+/m0/s1. The predicted molar refractivity (Wildman–Crippen MR) is 82.5 cm³/mol. The summed E-state index contributed by atoms with van der Waals surface area (Å²) < 4.78 is 10.3. The van der Waals surface area contributed by atoms with Gasteiger partial charge >= 0.3 is 11.9 Å². The third kappa shape index (κ3) is 2.60. The van der Waals surface area contributed by atoms with Crippen molar-refractivity contribution >= 4 is 17.6 Å². The molecule has 2 aromatic carbocycles. The Morgan fingerprint density at radius 1 is 1.17 bits per heavy atom. The van der Waals surface area contributed by atoms with Crippen LogP contribution in [0.25, 0.3) is 0 Å². The lowest BCUT2D eigenvalue weighted by Crippen LogP contribution is -2.31. The summed E-state index contributed by atoms with van der Waals surface area (Å²) in [5.41, 5.74) is 1.23. The summed E-state index contributed by atoms with van der Waals surface area (Å²) in [5, 5.41) is 10.8. The Morgan fingerprint density at radius 3 is 2.46 bits per heavy atom. The Hall–Kier alpha value is -3.22. The molecule has 1 aliphatic rings.